The molecule has 0 aliphatic rings. The third kappa shape index (κ3) is 2.77. The summed E-state index contributed by atoms with van der Waals surface area (Å²) < 4.78 is 2.36. The maximum Gasteiger partial charge on any atom is 0.0491 e. The Morgan fingerprint density at radius 2 is 1.82 bits per heavy atom. The van der Waals surface area contributed by atoms with Gasteiger partial charge in [-0.1, -0.05) is 29.8 Å². The Balaban J connectivity index is 0.00000176. The van der Waals surface area contributed by atoms with Crippen molar-refractivity contribution in [2.45, 2.75) is 32.9 Å². The Labute approximate surface area is 138 Å². The first-order valence-electron chi connectivity index (χ1n) is 7.52. The number of hydrogen-bond acceptors (Lipinski definition) is 1. The molecule has 0 bridgehead atoms. The van der Waals surface area contributed by atoms with Crippen LogP contribution in [0.4, 0.5) is 0 Å². The predicted octanol–water partition coefficient (Wildman–Crippen LogP) is 5.20. The Kier molecular flexibility index (Phi) is 4.94. The molecule has 0 radical (unpaired) electrons. The number of aryl methyl sites for hydroxylation is 1. The van der Waals surface area contributed by atoms with Gasteiger partial charge < -0.3 is 10.3 Å². The molecular weight excluding hydrogens is 292 g/mol. The van der Waals surface area contributed by atoms with E-state index in [-0.39, 0.29) is 18.4 Å². The molecule has 1 heterocycles. The van der Waals surface area contributed by atoms with Gasteiger partial charge in [0, 0.05) is 34.4 Å². The van der Waals surface area contributed by atoms with Crippen LogP contribution >= 0.6 is 12.4 Å². The molecule has 0 fully saturated rings. The molecule has 3 heteroatoms. The van der Waals surface area contributed by atoms with Gasteiger partial charge in [-0.3, -0.25) is 0 Å². The second kappa shape index (κ2) is 6.55. The highest BCUT2D eigenvalue weighted by Gasteiger charge is 2.12. The first-order valence-corrected chi connectivity index (χ1v) is 7.52. The summed E-state index contributed by atoms with van der Waals surface area (Å²) in [5, 5.41) is 2.60. The molecule has 0 saturated carbocycles. The molecule has 0 unspecified atom stereocenters. The summed E-state index contributed by atoms with van der Waals surface area (Å²) in [6.07, 6.45) is 0.831. The number of rotatable bonds is 4. The van der Waals surface area contributed by atoms with E-state index in [0.717, 1.165) is 18.5 Å². The van der Waals surface area contributed by atoms with Crippen LogP contribution in [0.15, 0.2) is 54.6 Å². The lowest BCUT2D eigenvalue weighted by atomic mass is 9.99. The number of fused-ring (bicyclic) bond motifs is 3. The van der Waals surface area contributed by atoms with Gasteiger partial charge in [-0.05, 0) is 44.0 Å². The fraction of sp³-hybridized carbons (Fsp3) is 0.263. The molecule has 3 aromatic rings. The SMILES string of the molecule is C=C(C)C[C@@H](N)c1ccc2c(c1)c1ccccc1n2CC.Cl. The summed E-state index contributed by atoms with van der Waals surface area (Å²) >= 11 is 0. The molecule has 3 rings (SSSR count). The average molecular weight is 315 g/mol. The van der Waals surface area contributed by atoms with Crippen LogP contribution in [0.5, 0.6) is 0 Å². The molecule has 0 aliphatic heterocycles. The van der Waals surface area contributed by atoms with Crippen molar-refractivity contribution < 1.29 is 0 Å². The van der Waals surface area contributed by atoms with E-state index in [2.05, 4.69) is 60.5 Å². The molecule has 0 aliphatic carbocycles. The fourth-order valence-corrected chi connectivity index (χ4v) is 3.14. The maximum atomic E-state index is 6.30. The zero-order chi connectivity index (χ0) is 15.0. The summed E-state index contributed by atoms with van der Waals surface area (Å²) in [6, 6.07) is 15.2. The minimum atomic E-state index is 0. The smallest absolute Gasteiger partial charge is 0.0491 e. The molecular formula is C19H23ClN2. The number of halogens is 1. The highest BCUT2D eigenvalue weighted by Crippen LogP contribution is 2.31. The van der Waals surface area contributed by atoms with E-state index in [9.17, 15) is 0 Å². The van der Waals surface area contributed by atoms with Gasteiger partial charge in [0.05, 0.1) is 0 Å². The van der Waals surface area contributed by atoms with Gasteiger partial charge in [-0.25, -0.2) is 0 Å². The molecule has 2 aromatic carbocycles. The Bertz CT molecular complexity index is 817. The highest BCUT2D eigenvalue weighted by atomic mass is 35.5. The molecule has 2 nitrogen and oxygen atoms in total. The average Bonchev–Trinajstić information content (AvgIpc) is 2.79. The van der Waals surface area contributed by atoms with Gasteiger partial charge in [0.25, 0.3) is 0 Å². The summed E-state index contributed by atoms with van der Waals surface area (Å²) in [4.78, 5) is 0. The minimum absolute atomic E-state index is 0. The van der Waals surface area contributed by atoms with Crippen LogP contribution < -0.4 is 5.73 Å². The molecule has 0 spiro atoms. The lowest BCUT2D eigenvalue weighted by molar-refractivity contribution is 0.718. The van der Waals surface area contributed by atoms with Gasteiger partial charge in [0.1, 0.15) is 0 Å². The van der Waals surface area contributed by atoms with E-state index in [4.69, 9.17) is 5.73 Å². The van der Waals surface area contributed by atoms with Crippen LogP contribution in [0.25, 0.3) is 21.8 Å². The van der Waals surface area contributed by atoms with Crippen LogP contribution in [-0.2, 0) is 6.54 Å². The van der Waals surface area contributed by atoms with Crippen molar-refractivity contribution in [3.05, 3.63) is 60.2 Å². The number of nitrogens with two attached hydrogens (primary N) is 1. The number of benzene rings is 2. The molecule has 22 heavy (non-hydrogen) atoms. The molecule has 116 valence electrons. The van der Waals surface area contributed by atoms with Crippen LogP contribution in [0.1, 0.15) is 31.9 Å². The van der Waals surface area contributed by atoms with Crippen molar-refractivity contribution >= 4 is 34.2 Å². The van der Waals surface area contributed by atoms with E-state index in [0.29, 0.717) is 0 Å². The zero-order valence-electron chi connectivity index (χ0n) is 13.2. The second-order valence-corrected chi connectivity index (χ2v) is 5.81. The third-order valence-electron chi connectivity index (χ3n) is 4.11. The molecule has 0 saturated heterocycles. The topological polar surface area (TPSA) is 30.9 Å². The lowest BCUT2D eigenvalue weighted by Gasteiger charge is -2.12. The summed E-state index contributed by atoms with van der Waals surface area (Å²) in [5.41, 5.74) is 11.2. The number of hydrogen-bond donors (Lipinski definition) is 1. The highest BCUT2D eigenvalue weighted by molar-refractivity contribution is 6.08. The zero-order valence-corrected chi connectivity index (χ0v) is 14.0. The molecule has 1 aromatic heterocycles. The second-order valence-electron chi connectivity index (χ2n) is 5.81. The van der Waals surface area contributed by atoms with Crippen LogP contribution in [0.3, 0.4) is 0 Å². The van der Waals surface area contributed by atoms with E-state index in [1.54, 1.807) is 0 Å². The van der Waals surface area contributed by atoms with Crippen LogP contribution in [0, 0.1) is 0 Å². The van der Waals surface area contributed by atoms with Crippen molar-refractivity contribution in [3.8, 4) is 0 Å². The van der Waals surface area contributed by atoms with E-state index >= 15 is 0 Å². The minimum Gasteiger partial charge on any atom is -0.341 e. The van der Waals surface area contributed by atoms with Crippen molar-refractivity contribution in [2.24, 2.45) is 5.73 Å². The van der Waals surface area contributed by atoms with Crippen molar-refractivity contribution in [2.75, 3.05) is 0 Å². The molecule has 1 atom stereocenters. The van der Waals surface area contributed by atoms with Crippen LogP contribution in [-0.4, -0.2) is 4.57 Å². The number of aromatic nitrogens is 1. The summed E-state index contributed by atoms with van der Waals surface area (Å²) in [5.74, 6) is 0. The standard InChI is InChI=1S/C19H22N2.ClH/c1-4-21-18-8-6-5-7-15(18)16-12-14(9-10-19(16)21)17(20)11-13(2)3;/h5-10,12,17H,2,4,11,20H2,1,3H3;1H/t17-;/m1./s1. The quantitative estimate of drug-likeness (QED) is 0.659. The molecule has 0 amide bonds. The van der Waals surface area contributed by atoms with E-state index in [1.807, 2.05) is 6.92 Å². The third-order valence-corrected chi connectivity index (χ3v) is 4.11. The summed E-state index contributed by atoms with van der Waals surface area (Å²) in [6.45, 7) is 9.16. The number of nitrogens with zero attached hydrogens (tertiary/aromatic N) is 1. The van der Waals surface area contributed by atoms with Crippen LogP contribution in [0.2, 0.25) is 0 Å². The van der Waals surface area contributed by atoms with Gasteiger partial charge >= 0.3 is 0 Å². The first-order chi connectivity index (χ1) is 10.1. The number of para-hydroxylation sites is 1. The van der Waals surface area contributed by atoms with Gasteiger partial charge in [-0.15, -0.1) is 19.0 Å². The van der Waals surface area contributed by atoms with E-state index < -0.39 is 0 Å². The maximum absolute atomic E-state index is 6.30. The van der Waals surface area contributed by atoms with Gasteiger partial charge in [0.2, 0.25) is 0 Å². The predicted molar refractivity (Wildman–Crippen MR) is 98.7 cm³/mol. The first kappa shape index (κ1) is 16.6. The largest absolute Gasteiger partial charge is 0.341 e. The molecule has 2 N–H and O–H groups in total. The van der Waals surface area contributed by atoms with Crippen molar-refractivity contribution in [1.29, 1.82) is 0 Å². The van der Waals surface area contributed by atoms with Gasteiger partial charge in [0.15, 0.2) is 0 Å². The normalized spacial score (nSPS) is 12.3. The monoisotopic (exact) mass is 314 g/mol. The Hall–Kier alpha value is -1.77. The van der Waals surface area contributed by atoms with E-state index in [1.165, 1.54) is 27.4 Å². The Morgan fingerprint density at radius 1 is 1.14 bits per heavy atom. The Morgan fingerprint density at radius 3 is 2.50 bits per heavy atom. The lowest BCUT2D eigenvalue weighted by Crippen LogP contribution is -2.10. The van der Waals surface area contributed by atoms with Crippen molar-refractivity contribution in [1.82, 2.24) is 4.57 Å². The fourth-order valence-electron chi connectivity index (χ4n) is 3.14. The van der Waals surface area contributed by atoms with Gasteiger partial charge in [-0.2, -0.15) is 0 Å². The summed E-state index contributed by atoms with van der Waals surface area (Å²) in [7, 11) is 0. The van der Waals surface area contributed by atoms with Crippen molar-refractivity contribution in [3.63, 3.8) is 0 Å².